The van der Waals surface area contributed by atoms with Crippen LogP contribution in [-0.2, 0) is 9.59 Å². The van der Waals surface area contributed by atoms with E-state index in [9.17, 15) is 9.59 Å². The largest absolute Gasteiger partial charge is 0.396 e. The fraction of sp³-hybridized carbons (Fsp3) is 0.862. The second-order valence-corrected chi connectivity index (χ2v) is 11.8. The minimum Gasteiger partial charge on any atom is -0.396 e. The van der Waals surface area contributed by atoms with Crippen molar-refractivity contribution in [1.82, 2.24) is 0 Å². The van der Waals surface area contributed by atoms with Gasteiger partial charge in [0.15, 0.2) is 5.78 Å². The van der Waals surface area contributed by atoms with Gasteiger partial charge in [-0.1, -0.05) is 63.9 Å². The van der Waals surface area contributed by atoms with Crippen LogP contribution in [0.1, 0.15) is 116 Å². The van der Waals surface area contributed by atoms with Crippen molar-refractivity contribution in [2.24, 2.45) is 35.0 Å². The van der Waals surface area contributed by atoms with Gasteiger partial charge in [0.25, 0.3) is 0 Å². The topological polar surface area (TPSA) is 54.4 Å². The second-order valence-electron chi connectivity index (χ2n) is 11.8. The molecular formula is C29H46O3. The number of rotatable bonds is 11. The Kier molecular flexibility index (Phi) is 8.29. The van der Waals surface area contributed by atoms with Crippen molar-refractivity contribution in [2.45, 2.75) is 116 Å². The summed E-state index contributed by atoms with van der Waals surface area (Å²) in [6.45, 7) is 2.62. The van der Waals surface area contributed by atoms with E-state index in [0.717, 1.165) is 50.9 Å². The molecule has 4 aliphatic rings. The van der Waals surface area contributed by atoms with Crippen LogP contribution in [0.25, 0.3) is 0 Å². The lowest BCUT2D eigenvalue weighted by atomic mass is 9.49. The van der Waals surface area contributed by atoms with Gasteiger partial charge in [0.05, 0.1) is 0 Å². The van der Waals surface area contributed by atoms with E-state index < -0.39 is 0 Å². The van der Waals surface area contributed by atoms with Crippen molar-refractivity contribution < 1.29 is 14.7 Å². The quantitative estimate of drug-likeness (QED) is 0.357. The third kappa shape index (κ3) is 5.08. The number of fused-ring (bicyclic) bond motifs is 5. The number of aliphatic hydroxyl groups is 1. The van der Waals surface area contributed by atoms with Crippen molar-refractivity contribution in [3.05, 3.63) is 11.6 Å². The molecule has 0 bridgehead atoms. The number of hydrogen-bond donors (Lipinski definition) is 1. The zero-order chi connectivity index (χ0) is 22.6. The zero-order valence-electron chi connectivity index (χ0n) is 20.5. The summed E-state index contributed by atoms with van der Waals surface area (Å²) in [7, 11) is 0. The molecular weight excluding hydrogens is 396 g/mol. The van der Waals surface area contributed by atoms with Crippen LogP contribution >= 0.6 is 0 Å². The van der Waals surface area contributed by atoms with Crippen LogP contribution in [0.15, 0.2) is 11.6 Å². The van der Waals surface area contributed by atoms with E-state index in [2.05, 4.69) is 6.92 Å². The van der Waals surface area contributed by atoms with E-state index in [1.165, 1.54) is 69.8 Å². The van der Waals surface area contributed by atoms with E-state index in [-0.39, 0.29) is 5.41 Å². The van der Waals surface area contributed by atoms with E-state index in [1.807, 2.05) is 6.08 Å². The van der Waals surface area contributed by atoms with Crippen molar-refractivity contribution in [3.8, 4) is 0 Å². The highest BCUT2D eigenvalue weighted by atomic mass is 16.2. The second kappa shape index (κ2) is 11.0. The molecule has 0 unspecified atom stereocenters. The van der Waals surface area contributed by atoms with Crippen molar-refractivity contribution in [1.29, 1.82) is 0 Å². The zero-order valence-corrected chi connectivity index (χ0v) is 20.5. The van der Waals surface area contributed by atoms with Gasteiger partial charge in [0, 0.05) is 24.9 Å². The third-order valence-electron chi connectivity index (χ3n) is 9.91. The molecule has 0 heterocycles. The van der Waals surface area contributed by atoms with Crippen molar-refractivity contribution in [3.63, 3.8) is 0 Å². The highest BCUT2D eigenvalue weighted by molar-refractivity contribution is 5.91. The number of Topliss-reactive ketones (excluding diaryl/α,β-unsaturated/α-hetero) is 1. The highest BCUT2D eigenvalue weighted by Crippen LogP contribution is 2.62. The number of allylic oxidation sites excluding steroid dienone is 1. The van der Waals surface area contributed by atoms with Crippen LogP contribution in [0.5, 0.6) is 0 Å². The SMILES string of the molecule is C[C@]12CC[C@H]3[C@@H]([C@H](CCCCCCCCCCCO)CC4=CC(=O)CC[C@@H]43)[C@@H]1CCC2=O. The minimum atomic E-state index is -0.0544. The molecule has 3 heteroatoms. The van der Waals surface area contributed by atoms with Crippen molar-refractivity contribution in [2.75, 3.05) is 6.61 Å². The van der Waals surface area contributed by atoms with Gasteiger partial charge in [-0.25, -0.2) is 0 Å². The number of aliphatic hydroxyl groups excluding tert-OH is 1. The lowest BCUT2D eigenvalue weighted by Gasteiger charge is -2.55. The molecule has 3 nitrogen and oxygen atoms in total. The summed E-state index contributed by atoms with van der Waals surface area (Å²) in [5.41, 5.74) is 1.42. The molecule has 0 aromatic heterocycles. The van der Waals surface area contributed by atoms with Gasteiger partial charge in [-0.2, -0.15) is 0 Å². The Bertz CT molecular complexity index is 695. The van der Waals surface area contributed by atoms with Gasteiger partial charge in [-0.15, -0.1) is 0 Å². The Morgan fingerprint density at radius 1 is 0.906 bits per heavy atom. The van der Waals surface area contributed by atoms with Crippen LogP contribution < -0.4 is 0 Å². The molecule has 0 aliphatic heterocycles. The van der Waals surface area contributed by atoms with Crippen LogP contribution in [0.2, 0.25) is 0 Å². The highest BCUT2D eigenvalue weighted by Gasteiger charge is 2.58. The van der Waals surface area contributed by atoms with Crippen LogP contribution in [0, 0.1) is 35.0 Å². The van der Waals surface area contributed by atoms with E-state index in [4.69, 9.17) is 5.11 Å². The monoisotopic (exact) mass is 442 g/mol. The molecule has 0 amide bonds. The number of carbonyl (C=O) groups is 2. The number of hydrogen-bond acceptors (Lipinski definition) is 3. The maximum absolute atomic E-state index is 12.8. The van der Waals surface area contributed by atoms with Crippen LogP contribution in [0.3, 0.4) is 0 Å². The van der Waals surface area contributed by atoms with Crippen LogP contribution in [-0.4, -0.2) is 23.3 Å². The summed E-state index contributed by atoms with van der Waals surface area (Å²) in [4.78, 5) is 25.0. The van der Waals surface area contributed by atoms with Gasteiger partial charge in [0.2, 0.25) is 0 Å². The van der Waals surface area contributed by atoms with Crippen molar-refractivity contribution >= 4 is 11.6 Å². The standard InChI is InChI=1S/C29H46O3/c1-29-17-16-25-24-13-12-23(31)20-22(24)19-21(28(25)26(29)14-15-27(29)32)11-9-7-5-3-2-4-6-8-10-18-30/h20-21,24-26,28,30H,2-19H2,1H3/t21-,24+,25-,26+,28-,29+/m1/s1. The van der Waals surface area contributed by atoms with Crippen LogP contribution in [0.4, 0.5) is 0 Å². The maximum atomic E-state index is 12.8. The molecule has 0 saturated heterocycles. The fourth-order valence-corrected chi connectivity index (χ4v) is 8.20. The Morgan fingerprint density at radius 2 is 1.59 bits per heavy atom. The first kappa shape index (κ1) is 24.2. The van der Waals surface area contributed by atoms with Gasteiger partial charge in [-0.3, -0.25) is 9.59 Å². The summed E-state index contributed by atoms with van der Waals surface area (Å²) in [5.74, 6) is 4.22. The molecule has 0 aromatic carbocycles. The minimum absolute atomic E-state index is 0.0544. The molecule has 3 fully saturated rings. The predicted octanol–water partition coefficient (Wildman–Crippen LogP) is 6.82. The average molecular weight is 443 g/mol. The molecule has 0 radical (unpaired) electrons. The summed E-state index contributed by atoms with van der Waals surface area (Å²) < 4.78 is 0. The molecule has 3 saturated carbocycles. The Labute approximate surface area is 195 Å². The third-order valence-corrected chi connectivity index (χ3v) is 9.91. The average Bonchev–Trinajstić information content (AvgIpc) is 3.09. The summed E-state index contributed by atoms with van der Waals surface area (Å²) in [5, 5.41) is 8.86. The maximum Gasteiger partial charge on any atom is 0.155 e. The normalized spacial score (nSPS) is 36.4. The molecule has 4 rings (SSSR count). The first-order chi connectivity index (χ1) is 15.5. The molecule has 0 spiro atoms. The summed E-state index contributed by atoms with van der Waals surface area (Å²) in [6, 6.07) is 0. The van der Waals surface area contributed by atoms with Gasteiger partial charge in [0.1, 0.15) is 5.78 Å². The molecule has 6 atom stereocenters. The lowest BCUT2D eigenvalue weighted by molar-refractivity contribution is -0.132. The molecule has 180 valence electrons. The van der Waals surface area contributed by atoms with E-state index in [1.54, 1.807) is 0 Å². The first-order valence-electron chi connectivity index (χ1n) is 13.9. The molecule has 4 aliphatic carbocycles. The molecule has 0 aromatic rings. The number of unbranched alkanes of at least 4 members (excludes halogenated alkanes) is 8. The number of ketones is 2. The molecule has 32 heavy (non-hydrogen) atoms. The van der Waals surface area contributed by atoms with Gasteiger partial charge >= 0.3 is 0 Å². The smallest absolute Gasteiger partial charge is 0.155 e. The van der Waals surface area contributed by atoms with Gasteiger partial charge < -0.3 is 5.11 Å². The van der Waals surface area contributed by atoms with E-state index >= 15 is 0 Å². The Balaban J connectivity index is 1.32. The van der Waals surface area contributed by atoms with E-state index in [0.29, 0.717) is 41.8 Å². The lowest BCUT2D eigenvalue weighted by Crippen LogP contribution is -2.50. The number of carbonyl (C=O) groups excluding carboxylic acids is 2. The first-order valence-corrected chi connectivity index (χ1v) is 13.9. The fourth-order valence-electron chi connectivity index (χ4n) is 8.20. The Morgan fingerprint density at radius 3 is 2.31 bits per heavy atom. The summed E-state index contributed by atoms with van der Waals surface area (Å²) >= 11 is 0. The van der Waals surface area contributed by atoms with Gasteiger partial charge in [-0.05, 0) is 80.6 Å². The summed E-state index contributed by atoms with van der Waals surface area (Å²) in [6.07, 6.45) is 21.8. The predicted molar refractivity (Wildman–Crippen MR) is 129 cm³/mol. The Hall–Kier alpha value is -0.960. The molecule has 1 N–H and O–H groups in total.